The molecule has 0 aliphatic heterocycles. The Morgan fingerprint density at radius 1 is 1.60 bits per heavy atom. The van der Waals surface area contributed by atoms with Crippen LogP contribution in [0.3, 0.4) is 0 Å². The molecule has 1 aromatic carbocycles. The van der Waals surface area contributed by atoms with E-state index in [1.165, 1.54) is 18.2 Å². The molecular weight excluding hydrogens is 219 g/mol. The molecule has 1 amide bonds. The van der Waals surface area contributed by atoms with Gasteiger partial charge in [-0.3, -0.25) is 4.79 Å². The predicted octanol–water partition coefficient (Wildman–Crippen LogP) is 2.01. The lowest BCUT2D eigenvalue weighted by atomic mass is 10.2. The van der Waals surface area contributed by atoms with Crippen LogP contribution in [-0.2, 0) is 11.3 Å². The number of benzene rings is 1. The number of nitriles is 1. The maximum atomic E-state index is 13.2. The van der Waals surface area contributed by atoms with Gasteiger partial charge in [0.05, 0.1) is 6.07 Å². The molecule has 0 aromatic heterocycles. The van der Waals surface area contributed by atoms with Gasteiger partial charge in [0.1, 0.15) is 12.2 Å². The van der Waals surface area contributed by atoms with E-state index in [9.17, 15) is 9.18 Å². The van der Waals surface area contributed by atoms with Gasteiger partial charge in [-0.1, -0.05) is 17.7 Å². The van der Waals surface area contributed by atoms with E-state index in [1.807, 2.05) is 0 Å². The Morgan fingerprint density at radius 2 is 2.33 bits per heavy atom. The zero-order chi connectivity index (χ0) is 11.3. The smallest absolute Gasteiger partial charge is 0.234 e. The summed E-state index contributed by atoms with van der Waals surface area (Å²) >= 11 is 5.56. The fourth-order valence-electron chi connectivity index (χ4n) is 0.993. The maximum Gasteiger partial charge on any atom is 0.234 e. The fraction of sp³-hybridized carbons (Fsp3) is 0.200. The molecule has 0 bridgehead atoms. The van der Waals surface area contributed by atoms with Crippen LogP contribution in [0.2, 0.25) is 5.02 Å². The van der Waals surface area contributed by atoms with E-state index in [2.05, 4.69) is 5.32 Å². The molecule has 0 atom stereocenters. The van der Waals surface area contributed by atoms with Crippen LogP contribution in [0.25, 0.3) is 0 Å². The molecule has 1 rings (SSSR count). The number of nitrogens with zero attached hydrogens (tertiary/aromatic N) is 1. The summed E-state index contributed by atoms with van der Waals surface area (Å²) in [6.07, 6.45) is -0.227. The predicted molar refractivity (Wildman–Crippen MR) is 53.5 cm³/mol. The molecule has 5 heteroatoms. The molecule has 15 heavy (non-hydrogen) atoms. The van der Waals surface area contributed by atoms with E-state index in [0.29, 0.717) is 10.6 Å². The van der Waals surface area contributed by atoms with Crippen molar-refractivity contribution in [1.82, 2.24) is 5.32 Å². The second kappa shape index (κ2) is 5.32. The average Bonchev–Trinajstić information content (AvgIpc) is 2.17. The molecule has 0 heterocycles. The van der Waals surface area contributed by atoms with Crippen LogP contribution in [0, 0.1) is 17.1 Å². The largest absolute Gasteiger partial charge is 0.351 e. The van der Waals surface area contributed by atoms with Gasteiger partial charge in [0, 0.05) is 17.1 Å². The standard InChI is InChI=1S/C10H8ClFN2O/c11-8-2-1-7(9(12)5-8)6-14-10(15)3-4-13/h1-2,5H,3,6H2,(H,14,15). The van der Waals surface area contributed by atoms with Gasteiger partial charge in [0.2, 0.25) is 5.91 Å². The van der Waals surface area contributed by atoms with Crippen molar-refractivity contribution in [3.05, 3.63) is 34.6 Å². The van der Waals surface area contributed by atoms with Crippen LogP contribution in [0.4, 0.5) is 4.39 Å². The van der Waals surface area contributed by atoms with Crippen molar-refractivity contribution in [1.29, 1.82) is 5.26 Å². The molecule has 0 fully saturated rings. The minimum Gasteiger partial charge on any atom is -0.351 e. The number of hydrogen-bond donors (Lipinski definition) is 1. The quantitative estimate of drug-likeness (QED) is 0.857. The van der Waals surface area contributed by atoms with Crippen LogP contribution < -0.4 is 5.32 Å². The lowest BCUT2D eigenvalue weighted by Crippen LogP contribution is -2.22. The van der Waals surface area contributed by atoms with Crippen molar-refractivity contribution in [3.63, 3.8) is 0 Å². The van der Waals surface area contributed by atoms with Gasteiger partial charge in [0.25, 0.3) is 0 Å². The van der Waals surface area contributed by atoms with E-state index in [0.717, 1.165) is 0 Å². The highest BCUT2D eigenvalue weighted by atomic mass is 35.5. The first kappa shape index (κ1) is 11.5. The van der Waals surface area contributed by atoms with Gasteiger partial charge in [-0.05, 0) is 12.1 Å². The van der Waals surface area contributed by atoms with E-state index in [1.54, 1.807) is 6.07 Å². The van der Waals surface area contributed by atoms with E-state index in [4.69, 9.17) is 16.9 Å². The third-order valence-corrected chi connectivity index (χ3v) is 1.97. The van der Waals surface area contributed by atoms with Gasteiger partial charge in [0.15, 0.2) is 0 Å². The Labute approximate surface area is 91.5 Å². The summed E-state index contributed by atoms with van der Waals surface area (Å²) in [6, 6.07) is 5.90. The van der Waals surface area contributed by atoms with Crippen LogP contribution in [0.5, 0.6) is 0 Å². The highest BCUT2D eigenvalue weighted by Crippen LogP contribution is 2.14. The zero-order valence-electron chi connectivity index (χ0n) is 7.76. The average molecular weight is 227 g/mol. The highest BCUT2D eigenvalue weighted by molar-refractivity contribution is 6.30. The molecule has 0 radical (unpaired) electrons. The monoisotopic (exact) mass is 226 g/mol. The van der Waals surface area contributed by atoms with Gasteiger partial charge in [-0.25, -0.2) is 4.39 Å². The Bertz CT molecular complexity index is 414. The summed E-state index contributed by atoms with van der Waals surface area (Å²) in [4.78, 5) is 10.9. The summed E-state index contributed by atoms with van der Waals surface area (Å²) in [5, 5.41) is 10.9. The summed E-state index contributed by atoms with van der Waals surface area (Å²) in [7, 11) is 0. The second-order valence-corrected chi connectivity index (χ2v) is 3.28. The molecule has 0 aliphatic carbocycles. The third-order valence-electron chi connectivity index (χ3n) is 1.73. The highest BCUT2D eigenvalue weighted by Gasteiger charge is 2.04. The normalized spacial score (nSPS) is 9.40. The number of nitrogens with one attached hydrogen (secondary N) is 1. The molecule has 3 nitrogen and oxygen atoms in total. The van der Waals surface area contributed by atoms with Gasteiger partial charge < -0.3 is 5.32 Å². The molecule has 0 unspecified atom stereocenters. The van der Waals surface area contributed by atoms with Gasteiger partial charge >= 0.3 is 0 Å². The number of rotatable bonds is 3. The minimum atomic E-state index is -0.472. The van der Waals surface area contributed by atoms with Crippen LogP contribution in [0.15, 0.2) is 18.2 Å². The van der Waals surface area contributed by atoms with Crippen molar-refractivity contribution in [2.24, 2.45) is 0 Å². The lowest BCUT2D eigenvalue weighted by Gasteiger charge is -2.04. The van der Waals surface area contributed by atoms with E-state index >= 15 is 0 Å². The molecule has 78 valence electrons. The third kappa shape index (κ3) is 3.56. The fourth-order valence-corrected chi connectivity index (χ4v) is 1.15. The molecule has 0 saturated heterocycles. The number of carbonyl (C=O) groups is 1. The number of amides is 1. The maximum absolute atomic E-state index is 13.2. The number of carbonyl (C=O) groups excluding carboxylic acids is 1. The van der Waals surface area contributed by atoms with Crippen molar-refractivity contribution in [2.45, 2.75) is 13.0 Å². The van der Waals surface area contributed by atoms with Crippen molar-refractivity contribution < 1.29 is 9.18 Å². The molecule has 1 N–H and O–H groups in total. The molecule has 1 aromatic rings. The second-order valence-electron chi connectivity index (χ2n) is 2.85. The van der Waals surface area contributed by atoms with E-state index in [-0.39, 0.29) is 13.0 Å². The first-order valence-electron chi connectivity index (χ1n) is 4.21. The Kier molecular flexibility index (Phi) is 4.07. The Balaban J connectivity index is 2.59. The number of halogens is 2. The Hall–Kier alpha value is -1.60. The summed E-state index contributed by atoms with van der Waals surface area (Å²) in [6.45, 7) is 0.0590. The van der Waals surface area contributed by atoms with Crippen molar-refractivity contribution >= 4 is 17.5 Å². The summed E-state index contributed by atoms with van der Waals surface area (Å²) < 4.78 is 13.2. The van der Waals surface area contributed by atoms with Crippen molar-refractivity contribution in [3.8, 4) is 6.07 Å². The lowest BCUT2D eigenvalue weighted by molar-refractivity contribution is -0.120. The molecule has 0 saturated carbocycles. The van der Waals surface area contributed by atoms with Crippen LogP contribution in [-0.4, -0.2) is 5.91 Å². The van der Waals surface area contributed by atoms with E-state index < -0.39 is 11.7 Å². The Morgan fingerprint density at radius 3 is 2.93 bits per heavy atom. The molecular formula is C10H8ClFN2O. The number of hydrogen-bond acceptors (Lipinski definition) is 2. The first-order chi connectivity index (χ1) is 7.13. The zero-order valence-corrected chi connectivity index (χ0v) is 8.51. The first-order valence-corrected chi connectivity index (χ1v) is 4.59. The van der Waals surface area contributed by atoms with Gasteiger partial charge in [-0.2, -0.15) is 5.26 Å². The summed E-state index contributed by atoms with van der Waals surface area (Å²) in [5.41, 5.74) is 0.339. The van der Waals surface area contributed by atoms with Crippen molar-refractivity contribution in [2.75, 3.05) is 0 Å². The topological polar surface area (TPSA) is 52.9 Å². The van der Waals surface area contributed by atoms with Gasteiger partial charge in [-0.15, -0.1) is 0 Å². The molecule has 0 spiro atoms. The van der Waals surface area contributed by atoms with Crippen LogP contribution >= 0.6 is 11.6 Å². The SMILES string of the molecule is N#CCC(=O)NCc1ccc(Cl)cc1F. The van der Waals surface area contributed by atoms with Crippen LogP contribution in [0.1, 0.15) is 12.0 Å². The minimum absolute atomic E-state index is 0.0590. The molecule has 0 aliphatic rings. The summed E-state index contributed by atoms with van der Waals surface area (Å²) in [5.74, 6) is -0.897.